The largest absolute Gasteiger partial charge is 0.415 e. The third-order valence-corrected chi connectivity index (χ3v) is 11.4. The van der Waals surface area contributed by atoms with Crippen LogP contribution in [0.3, 0.4) is 0 Å². The number of rotatable bonds is 15. The van der Waals surface area contributed by atoms with Crippen LogP contribution in [0.2, 0.25) is 0 Å². The summed E-state index contributed by atoms with van der Waals surface area (Å²) in [6, 6.07) is 8.55. The van der Waals surface area contributed by atoms with Gasteiger partial charge >= 0.3 is 6.09 Å². The predicted octanol–water partition coefficient (Wildman–Crippen LogP) is 3.59. The smallest absolute Gasteiger partial charge is 0.410 e. The highest BCUT2D eigenvalue weighted by molar-refractivity contribution is 6.38. The molecule has 3 aliphatic rings. The van der Waals surface area contributed by atoms with Crippen LogP contribution in [0.1, 0.15) is 96.0 Å². The number of fused-ring (bicyclic) bond motifs is 1. The van der Waals surface area contributed by atoms with Crippen molar-refractivity contribution in [1.29, 1.82) is 0 Å². The average molecular weight is 825 g/mol. The van der Waals surface area contributed by atoms with E-state index < -0.39 is 76.9 Å². The molecule has 0 radical (unpaired) electrons. The number of likely N-dealkylation sites (tertiary alicyclic amines) is 1. The van der Waals surface area contributed by atoms with Gasteiger partial charge in [0.1, 0.15) is 23.5 Å². The molecular weight excluding hydrogens is 769 g/mol. The molecule has 320 valence electrons. The highest BCUT2D eigenvalue weighted by Gasteiger charge is 2.45. The lowest BCUT2D eigenvalue weighted by Crippen LogP contribution is -2.61. The number of carbonyl (C=O) groups excluding carboxylic acids is 7. The standard InChI is InChI=1S/C44H56N8O8/c1-5-11-32(36(53)41(57)47-29-17-18-29)48-38(54)31-24-52(43(59)60-30-19-16-26-12-9-10-15-28(26)22-30)25-34(31)49-42(58)37(44(2,3)4)51-40(56)35(27-13-7-6-8-14-27)50-39(55)33-23-45-20-21-46-33/h9-10,12,15-16,19-23,27,29,31-32,34-35,37H,5-8,11,13-14,17-18,24-25H2,1-4H3,(H,47,57)(H,48,54)(H,49,58)(H,50,55)(H,51,56)/t31-,32+,34+,35+,37-/m1/s1. The zero-order valence-corrected chi connectivity index (χ0v) is 34.7. The first-order valence-electron chi connectivity index (χ1n) is 21.0. The Morgan fingerprint density at radius 2 is 1.57 bits per heavy atom. The molecule has 16 heteroatoms. The van der Waals surface area contributed by atoms with Crippen LogP contribution in [0.5, 0.6) is 5.75 Å². The monoisotopic (exact) mass is 824 g/mol. The van der Waals surface area contributed by atoms with Crippen LogP contribution < -0.4 is 31.3 Å². The fourth-order valence-corrected chi connectivity index (χ4v) is 7.91. The van der Waals surface area contributed by atoms with E-state index in [2.05, 4.69) is 36.6 Å². The van der Waals surface area contributed by atoms with Gasteiger partial charge in [0.25, 0.3) is 11.8 Å². The molecule has 6 rings (SSSR count). The van der Waals surface area contributed by atoms with E-state index in [-0.39, 0.29) is 42.9 Å². The molecule has 60 heavy (non-hydrogen) atoms. The number of hydrogen-bond donors (Lipinski definition) is 5. The second kappa shape index (κ2) is 19.4. The van der Waals surface area contributed by atoms with Crippen LogP contribution in [0.4, 0.5) is 4.79 Å². The molecule has 16 nitrogen and oxygen atoms in total. The molecule has 0 spiro atoms. The zero-order valence-electron chi connectivity index (χ0n) is 34.7. The molecule has 2 aliphatic carbocycles. The number of carbonyl (C=O) groups is 7. The van der Waals surface area contributed by atoms with E-state index in [4.69, 9.17) is 4.74 Å². The molecule has 2 heterocycles. The number of benzene rings is 2. The molecule has 3 aromatic rings. The normalized spacial score (nSPS) is 19.6. The number of hydrogen-bond acceptors (Lipinski definition) is 10. The minimum Gasteiger partial charge on any atom is -0.410 e. The van der Waals surface area contributed by atoms with Crippen LogP contribution in [-0.2, 0) is 24.0 Å². The van der Waals surface area contributed by atoms with Gasteiger partial charge in [0.2, 0.25) is 23.5 Å². The lowest BCUT2D eigenvalue weighted by atomic mass is 9.82. The van der Waals surface area contributed by atoms with Crippen molar-refractivity contribution in [2.45, 2.75) is 116 Å². The first-order valence-corrected chi connectivity index (χ1v) is 21.0. The Kier molecular flexibility index (Phi) is 14.1. The topological polar surface area (TPSA) is 218 Å². The fraction of sp³-hybridized carbons (Fsp3) is 0.523. The molecule has 2 saturated carbocycles. The predicted molar refractivity (Wildman–Crippen MR) is 221 cm³/mol. The highest BCUT2D eigenvalue weighted by atomic mass is 16.6. The number of amides is 6. The quantitative estimate of drug-likeness (QED) is 0.140. The van der Waals surface area contributed by atoms with E-state index in [0.717, 1.165) is 42.9 Å². The first kappa shape index (κ1) is 43.6. The molecule has 6 amide bonds. The van der Waals surface area contributed by atoms with Crippen molar-refractivity contribution in [3.63, 3.8) is 0 Å². The van der Waals surface area contributed by atoms with E-state index in [0.29, 0.717) is 19.3 Å². The first-order chi connectivity index (χ1) is 28.7. The maximum atomic E-state index is 14.4. The number of nitrogens with zero attached hydrogens (tertiary/aromatic N) is 3. The van der Waals surface area contributed by atoms with Gasteiger partial charge in [0.15, 0.2) is 0 Å². The van der Waals surface area contributed by atoms with Crippen molar-refractivity contribution in [1.82, 2.24) is 41.5 Å². The Morgan fingerprint density at radius 3 is 2.23 bits per heavy atom. The van der Waals surface area contributed by atoms with E-state index >= 15 is 0 Å². The van der Waals surface area contributed by atoms with Crippen LogP contribution in [0, 0.1) is 17.3 Å². The third-order valence-electron chi connectivity index (χ3n) is 11.4. The summed E-state index contributed by atoms with van der Waals surface area (Å²) in [6.07, 6.45) is 9.87. The summed E-state index contributed by atoms with van der Waals surface area (Å²) < 4.78 is 5.76. The maximum absolute atomic E-state index is 14.4. The van der Waals surface area contributed by atoms with E-state index in [1.165, 1.54) is 23.5 Å². The lowest BCUT2D eigenvalue weighted by Gasteiger charge is -2.35. The summed E-state index contributed by atoms with van der Waals surface area (Å²) in [5, 5.41) is 15.9. The Labute approximate surface area is 349 Å². The van der Waals surface area contributed by atoms with Crippen molar-refractivity contribution in [3.8, 4) is 5.75 Å². The van der Waals surface area contributed by atoms with Crippen molar-refractivity contribution >= 4 is 52.2 Å². The van der Waals surface area contributed by atoms with Gasteiger partial charge in [0, 0.05) is 31.5 Å². The average Bonchev–Trinajstić information content (AvgIpc) is 3.96. The van der Waals surface area contributed by atoms with Gasteiger partial charge in [-0.05, 0) is 66.3 Å². The molecule has 1 aromatic heterocycles. The summed E-state index contributed by atoms with van der Waals surface area (Å²) in [5.74, 6) is -4.84. The minimum atomic E-state index is -1.15. The second-order valence-electron chi connectivity index (χ2n) is 17.2. The van der Waals surface area contributed by atoms with Crippen LogP contribution in [0.15, 0.2) is 61.1 Å². The molecule has 3 fully saturated rings. The van der Waals surface area contributed by atoms with Gasteiger partial charge in [-0.2, -0.15) is 0 Å². The SMILES string of the molecule is CCC[C@H](NC(=O)[C@@H]1CN(C(=O)Oc2ccc3ccccc3c2)C[C@@H]1NC(=O)[C@@H](NC(=O)[C@@H](NC(=O)c1cnccn1)C1CCCCC1)C(C)(C)C)C(=O)C(=O)NC1CC1. The van der Waals surface area contributed by atoms with Gasteiger partial charge in [-0.25, -0.2) is 9.78 Å². The molecule has 1 saturated heterocycles. The van der Waals surface area contributed by atoms with Crippen molar-refractivity contribution in [3.05, 3.63) is 66.7 Å². The van der Waals surface area contributed by atoms with Crippen LogP contribution >= 0.6 is 0 Å². The lowest BCUT2D eigenvalue weighted by molar-refractivity contribution is -0.140. The molecule has 2 aromatic carbocycles. The fourth-order valence-electron chi connectivity index (χ4n) is 7.91. The van der Waals surface area contributed by atoms with Crippen molar-refractivity contribution in [2.24, 2.45) is 17.3 Å². The summed E-state index contributed by atoms with van der Waals surface area (Å²) in [4.78, 5) is 105. The Hall–Kier alpha value is -5.93. The van der Waals surface area contributed by atoms with Gasteiger partial charge < -0.3 is 36.2 Å². The summed E-state index contributed by atoms with van der Waals surface area (Å²) in [6.45, 7) is 6.87. The Bertz CT molecular complexity index is 2060. The third kappa shape index (κ3) is 11.2. The molecule has 0 unspecified atom stereocenters. The second-order valence-corrected chi connectivity index (χ2v) is 17.2. The number of aromatic nitrogens is 2. The molecule has 5 N–H and O–H groups in total. The number of nitrogens with one attached hydrogen (secondary N) is 5. The van der Waals surface area contributed by atoms with E-state index in [9.17, 15) is 33.6 Å². The van der Waals surface area contributed by atoms with Gasteiger partial charge in [0.05, 0.1) is 24.2 Å². The molecule has 1 aliphatic heterocycles. The van der Waals surface area contributed by atoms with Gasteiger partial charge in [-0.1, -0.05) is 83.7 Å². The number of ketones is 1. The maximum Gasteiger partial charge on any atom is 0.415 e. The van der Waals surface area contributed by atoms with Crippen molar-refractivity contribution < 1.29 is 38.3 Å². The summed E-state index contributed by atoms with van der Waals surface area (Å²) in [5.41, 5.74) is -0.804. The summed E-state index contributed by atoms with van der Waals surface area (Å²) in [7, 11) is 0. The van der Waals surface area contributed by atoms with Crippen molar-refractivity contribution in [2.75, 3.05) is 13.1 Å². The van der Waals surface area contributed by atoms with Gasteiger partial charge in [-0.3, -0.25) is 33.8 Å². The molecular formula is C44H56N8O8. The Morgan fingerprint density at radius 1 is 0.833 bits per heavy atom. The summed E-state index contributed by atoms with van der Waals surface area (Å²) >= 11 is 0. The van der Waals surface area contributed by atoms with Crippen LogP contribution in [-0.4, -0.2) is 99.6 Å². The number of ether oxygens (including phenoxy) is 1. The zero-order chi connectivity index (χ0) is 43.0. The Balaban J connectivity index is 1.22. The molecule has 0 bridgehead atoms. The van der Waals surface area contributed by atoms with E-state index in [1.807, 2.05) is 37.3 Å². The van der Waals surface area contributed by atoms with E-state index in [1.54, 1.807) is 32.9 Å². The van der Waals surface area contributed by atoms with Crippen LogP contribution in [0.25, 0.3) is 10.8 Å². The molecule has 5 atom stereocenters. The number of Topliss-reactive ketones (excluding diaryl/α,β-unsaturated/α-hetero) is 1. The highest BCUT2D eigenvalue weighted by Crippen LogP contribution is 2.29. The minimum absolute atomic E-state index is 0.0527. The van der Waals surface area contributed by atoms with Gasteiger partial charge in [-0.15, -0.1) is 0 Å².